The zero-order valence-electron chi connectivity index (χ0n) is 9.88. The summed E-state index contributed by atoms with van der Waals surface area (Å²) in [6, 6.07) is 5.51. The summed E-state index contributed by atoms with van der Waals surface area (Å²) in [5.41, 5.74) is 2.41. The summed E-state index contributed by atoms with van der Waals surface area (Å²) < 4.78 is 0. The lowest BCUT2D eigenvalue weighted by Crippen LogP contribution is -2.31. The van der Waals surface area contributed by atoms with Crippen molar-refractivity contribution in [2.45, 2.75) is 26.2 Å². The van der Waals surface area contributed by atoms with E-state index in [1.165, 1.54) is 0 Å². The molecule has 0 atom stereocenters. The number of anilines is 1. The van der Waals surface area contributed by atoms with Crippen molar-refractivity contribution in [1.82, 2.24) is 5.32 Å². The molecular weight excluding hydrogens is 216 g/mol. The molecule has 1 aromatic carbocycles. The van der Waals surface area contributed by atoms with Crippen LogP contribution in [0.2, 0.25) is 0 Å². The first-order valence-electron chi connectivity index (χ1n) is 5.91. The first kappa shape index (κ1) is 11.6. The Balaban J connectivity index is 2.18. The van der Waals surface area contributed by atoms with Crippen molar-refractivity contribution in [3.8, 4) is 0 Å². The lowest BCUT2D eigenvalue weighted by atomic mass is 10.00. The van der Waals surface area contributed by atoms with Crippen molar-refractivity contribution in [2.75, 3.05) is 11.9 Å². The Morgan fingerprint density at radius 3 is 3.06 bits per heavy atom. The summed E-state index contributed by atoms with van der Waals surface area (Å²) in [5.74, 6) is -0.0680. The first-order valence-corrected chi connectivity index (χ1v) is 5.91. The van der Waals surface area contributed by atoms with Gasteiger partial charge in [-0.15, -0.1) is 0 Å². The van der Waals surface area contributed by atoms with Crippen molar-refractivity contribution in [1.29, 1.82) is 0 Å². The van der Waals surface area contributed by atoms with Crippen LogP contribution in [0.5, 0.6) is 0 Å². The molecule has 4 heteroatoms. The van der Waals surface area contributed by atoms with Gasteiger partial charge in [0.25, 0.3) is 5.91 Å². The molecule has 0 saturated heterocycles. The lowest BCUT2D eigenvalue weighted by molar-refractivity contribution is -0.116. The largest absolute Gasteiger partial charge is 0.352 e. The van der Waals surface area contributed by atoms with E-state index in [4.69, 9.17) is 0 Å². The van der Waals surface area contributed by atoms with Crippen LogP contribution in [-0.2, 0) is 11.2 Å². The van der Waals surface area contributed by atoms with Crippen molar-refractivity contribution >= 4 is 17.5 Å². The summed E-state index contributed by atoms with van der Waals surface area (Å²) in [6.45, 7) is 2.65. The molecule has 0 radical (unpaired) electrons. The second-order valence-electron chi connectivity index (χ2n) is 4.18. The van der Waals surface area contributed by atoms with Gasteiger partial charge in [-0.3, -0.25) is 9.59 Å². The van der Waals surface area contributed by atoms with Crippen LogP contribution in [0.25, 0.3) is 0 Å². The molecule has 2 N–H and O–H groups in total. The Bertz CT molecular complexity index is 455. The van der Waals surface area contributed by atoms with E-state index in [1.807, 2.05) is 19.1 Å². The SMILES string of the molecule is CCCC(=O)Nc1ccc2c(c1)C(=O)NCC2. The van der Waals surface area contributed by atoms with E-state index in [0.29, 0.717) is 24.2 Å². The summed E-state index contributed by atoms with van der Waals surface area (Å²) in [7, 11) is 0. The molecule has 2 amide bonds. The highest BCUT2D eigenvalue weighted by atomic mass is 16.2. The Kier molecular flexibility index (Phi) is 3.42. The zero-order valence-corrected chi connectivity index (χ0v) is 9.88. The minimum atomic E-state index is -0.0576. The molecule has 0 spiro atoms. The van der Waals surface area contributed by atoms with Gasteiger partial charge in [-0.1, -0.05) is 13.0 Å². The Morgan fingerprint density at radius 2 is 2.29 bits per heavy atom. The Labute approximate surface area is 100 Å². The maximum atomic E-state index is 11.6. The molecule has 0 aromatic heterocycles. The Morgan fingerprint density at radius 1 is 1.47 bits per heavy atom. The van der Waals surface area contributed by atoms with Gasteiger partial charge < -0.3 is 10.6 Å². The van der Waals surface area contributed by atoms with Crippen molar-refractivity contribution in [2.24, 2.45) is 0 Å². The highest BCUT2D eigenvalue weighted by Gasteiger charge is 2.16. The van der Waals surface area contributed by atoms with Crippen LogP contribution in [0.15, 0.2) is 18.2 Å². The standard InChI is InChI=1S/C13H16N2O2/c1-2-3-12(16)15-10-5-4-9-6-7-14-13(17)11(9)8-10/h4-5,8H,2-3,6-7H2,1H3,(H,14,17)(H,15,16). The number of fused-ring (bicyclic) bond motifs is 1. The fourth-order valence-corrected chi connectivity index (χ4v) is 1.94. The number of hydrogen-bond acceptors (Lipinski definition) is 2. The van der Waals surface area contributed by atoms with E-state index in [2.05, 4.69) is 10.6 Å². The molecule has 1 heterocycles. The van der Waals surface area contributed by atoms with E-state index in [1.54, 1.807) is 6.07 Å². The van der Waals surface area contributed by atoms with Gasteiger partial charge in [0.2, 0.25) is 5.91 Å². The van der Waals surface area contributed by atoms with Gasteiger partial charge in [0, 0.05) is 24.2 Å². The maximum Gasteiger partial charge on any atom is 0.251 e. The quantitative estimate of drug-likeness (QED) is 0.833. The third kappa shape index (κ3) is 2.64. The molecule has 0 fully saturated rings. The molecule has 1 aliphatic rings. The molecular formula is C13H16N2O2. The van der Waals surface area contributed by atoms with Crippen LogP contribution >= 0.6 is 0 Å². The lowest BCUT2D eigenvalue weighted by Gasteiger charge is -2.17. The minimum Gasteiger partial charge on any atom is -0.352 e. The van der Waals surface area contributed by atoms with Gasteiger partial charge in [0.15, 0.2) is 0 Å². The predicted octanol–water partition coefficient (Wildman–Crippen LogP) is 1.71. The average molecular weight is 232 g/mol. The highest BCUT2D eigenvalue weighted by molar-refractivity contribution is 5.99. The van der Waals surface area contributed by atoms with Gasteiger partial charge in [0.05, 0.1) is 0 Å². The molecule has 90 valence electrons. The summed E-state index contributed by atoms with van der Waals surface area (Å²) in [5, 5.41) is 5.59. The molecule has 17 heavy (non-hydrogen) atoms. The fourth-order valence-electron chi connectivity index (χ4n) is 1.94. The van der Waals surface area contributed by atoms with E-state index >= 15 is 0 Å². The van der Waals surface area contributed by atoms with Crippen molar-refractivity contribution in [3.05, 3.63) is 29.3 Å². The monoisotopic (exact) mass is 232 g/mol. The first-order chi connectivity index (χ1) is 8.20. The van der Waals surface area contributed by atoms with Crippen LogP contribution in [0, 0.1) is 0 Å². The third-order valence-electron chi connectivity index (χ3n) is 2.80. The van der Waals surface area contributed by atoms with E-state index < -0.39 is 0 Å². The van der Waals surface area contributed by atoms with Crippen LogP contribution in [0.1, 0.15) is 35.7 Å². The summed E-state index contributed by atoms with van der Waals surface area (Å²) in [4.78, 5) is 23.1. The molecule has 1 aromatic rings. The van der Waals surface area contributed by atoms with Crippen LogP contribution < -0.4 is 10.6 Å². The topological polar surface area (TPSA) is 58.2 Å². The number of carbonyl (C=O) groups excluding carboxylic acids is 2. The van der Waals surface area contributed by atoms with E-state index in [0.717, 1.165) is 18.4 Å². The number of carbonyl (C=O) groups is 2. The average Bonchev–Trinajstić information content (AvgIpc) is 2.30. The molecule has 0 bridgehead atoms. The van der Waals surface area contributed by atoms with Crippen LogP contribution in [0.3, 0.4) is 0 Å². The molecule has 1 aliphatic heterocycles. The number of nitrogens with one attached hydrogen (secondary N) is 2. The molecule has 2 rings (SSSR count). The normalized spacial score (nSPS) is 13.8. The van der Waals surface area contributed by atoms with E-state index in [9.17, 15) is 9.59 Å². The smallest absolute Gasteiger partial charge is 0.251 e. The van der Waals surface area contributed by atoms with Crippen molar-refractivity contribution in [3.63, 3.8) is 0 Å². The van der Waals surface area contributed by atoms with Gasteiger partial charge in [-0.2, -0.15) is 0 Å². The van der Waals surface area contributed by atoms with Crippen LogP contribution in [0.4, 0.5) is 5.69 Å². The second-order valence-corrected chi connectivity index (χ2v) is 4.18. The zero-order chi connectivity index (χ0) is 12.3. The minimum absolute atomic E-state index is 0.0105. The fraction of sp³-hybridized carbons (Fsp3) is 0.385. The van der Waals surface area contributed by atoms with Crippen molar-refractivity contribution < 1.29 is 9.59 Å². The molecule has 0 unspecified atom stereocenters. The second kappa shape index (κ2) is 4.99. The maximum absolute atomic E-state index is 11.6. The highest BCUT2D eigenvalue weighted by Crippen LogP contribution is 2.19. The van der Waals surface area contributed by atoms with Gasteiger partial charge in [-0.05, 0) is 30.5 Å². The van der Waals surface area contributed by atoms with Gasteiger partial charge in [0.1, 0.15) is 0 Å². The third-order valence-corrected chi connectivity index (χ3v) is 2.80. The number of amides is 2. The summed E-state index contributed by atoms with van der Waals surface area (Å²) >= 11 is 0. The number of hydrogen-bond donors (Lipinski definition) is 2. The van der Waals surface area contributed by atoms with Gasteiger partial charge >= 0.3 is 0 Å². The Hall–Kier alpha value is -1.84. The summed E-state index contributed by atoms with van der Waals surface area (Å²) in [6.07, 6.45) is 2.17. The van der Waals surface area contributed by atoms with E-state index in [-0.39, 0.29) is 11.8 Å². The molecule has 0 aliphatic carbocycles. The van der Waals surface area contributed by atoms with Gasteiger partial charge in [-0.25, -0.2) is 0 Å². The predicted molar refractivity (Wildman–Crippen MR) is 66.0 cm³/mol. The number of benzene rings is 1. The van der Waals surface area contributed by atoms with Crippen LogP contribution in [-0.4, -0.2) is 18.4 Å². The molecule has 4 nitrogen and oxygen atoms in total. The molecule has 0 saturated carbocycles. The number of rotatable bonds is 3.